The van der Waals surface area contributed by atoms with Crippen molar-refractivity contribution in [3.8, 4) is 33.4 Å². The van der Waals surface area contributed by atoms with Crippen molar-refractivity contribution in [2.75, 3.05) is 0 Å². The molecule has 0 unspecified atom stereocenters. The lowest BCUT2D eigenvalue weighted by molar-refractivity contribution is 1.63. The smallest absolute Gasteiger partial charge is 0.0631 e. The van der Waals surface area contributed by atoms with E-state index in [1.54, 1.807) is 0 Å². The molecule has 2 radical (unpaired) electrons. The summed E-state index contributed by atoms with van der Waals surface area (Å²) in [5.41, 5.74) is 7.58. The zero-order valence-electron chi connectivity index (χ0n) is 25.8. The number of benzene rings is 9. The Morgan fingerprint density at radius 2 is 0.872 bits per heavy atom. The summed E-state index contributed by atoms with van der Waals surface area (Å²) < 4.78 is 0. The molecule has 47 heavy (non-hydrogen) atoms. The summed E-state index contributed by atoms with van der Waals surface area (Å²) in [6.07, 6.45) is 0. The summed E-state index contributed by atoms with van der Waals surface area (Å²) in [5.74, 6) is 0. The number of hydrogen-bond acceptors (Lipinski definition) is 0. The highest BCUT2D eigenvalue weighted by Gasteiger charge is 2.19. The molecule has 0 aliphatic rings. The Kier molecular flexibility index (Phi) is 6.77. The molecule has 0 fully saturated rings. The van der Waals surface area contributed by atoms with Gasteiger partial charge in [-0.3, -0.25) is 0 Å². The van der Waals surface area contributed by atoms with E-state index in [1.807, 2.05) is 0 Å². The first-order valence-electron chi connectivity index (χ1n) is 16.2. The highest BCUT2D eigenvalue weighted by molar-refractivity contribution is 6.67. The fourth-order valence-electron chi connectivity index (χ4n) is 7.19. The van der Waals surface area contributed by atoms with Gasteiger partial charge < -0.3 is 0 Å². The summed E-state index contributed by atoms with van der Waals surface area (Å²) in [4.78, 5) is 0. The Bertz CT molecular complexity index is 2570. The van der Waals surface area contributed by atoms with Crippen LogP contribution in [0.15, 0.2) is 182 Å². The van der Waals surface area contributed by atoms with Crippen LogP contribution in [0, 0.1) is 0 Å². The molecule has 218 valence electrons. The van der Waals surface area contributed by atoms with Gasteiger partial charge in [-0.05, 0) is 82.5 Å². The highest BCUT2D eigenvalue weighted by atomic mass is 28.2. The molecule has 0 aliphatic carbocycles. The normalized spacial score (nSPS) is 11.5. The zero-order valence-corrected chi connectivity index (χ0v) is 26.8. The van der Waals surface area contributed by atoms with Crippen molar-refractivity contribution >= 4 is 63.0 Å². The maximum absolute atomic E-state index is 2.45. The van der Waals surface area contributed by atoms with Crippen LogP contribution in [0.1, 0.15) is 0 Å². The average molecular weight is 611 g/mol. The van der Waals surface area contributed by atoms with Crippen molar-refractivity contribution in [3.63, 3.8) is 0 Å². The van der Waals surface area contributed by atoms with E-state index in [0.717, 1.165) is 0 Å². The lowest BCUT2D eigenvalue weighted by atomic mass is 9.84. The second kappa shape index (κ2) is 11.5. The molecule has 0 spiro atoms. The molecule has 9 rings (SSSR count). The quantitative estimate of drug-likeness (QED) is 0.134. The molecule has 0 atom stereocenters. The summed E-state index contributed by atoms with van der Waals surface area (Å²) in [6, 6.07) is 67.0. The van der Waals surface area contributed by atoms with E-state index in [9.17, 15) is 0 Å². The third kappa shape index (κ3) is 4.93. The van der Waals surface area contributed by atoms with Crippen LogP contribution < -0.4 is 10.4 Å². The van der Waals surface area contributed by atoms with Gasteiger partial charge in [0.2, 0.25) is 0 Å². The third-order valence-electron chi connectivity index (χ3n) is 9.40. The highest BCUT2D eigenvalue weighted by Crippen LogP contribution is 2.45. The molecule has 0 amide bonds. The molecule has 9 aromatic rings. The minimum absolute atomic E-state index is 0.590. The number of hydrogen-bond donors (Lipinski definition) is 0. The lowest BCUT2D eigenvalue weighted by Gasteiger charge is -2.20. The van der Waals surface area contributed by atoms with Crippen LogP contribution in [-0.4, -0.2) is 9.52 Å². The van der Waals surface area contributed by atoms with E-state index in [-0.39, 0.29) is 0 Å². The molecule has 0 N–H and O–H groups in total. The summed E-state index contributed by atoms with van der Waals surface area (Å²) >= 11 is 0. The standard InChI is InChI=1S/C46H30Si/c1-2-15-37(16-3-1)47-38-27-28-43-44(30-38)45(34-24-21-32(22-25-34)36-26-23-31-11-4-5-13-35(31)29-36)41-18-8-9-19-42(41)46(43)40-20-10-14-33-12-6-7-17-39(33)40/h1-30H. The van der Waals surface area contributed by atoms with Gasteiger partial charge in [0.1, 0.15) is 9.52 Å². The fraction of sp³-hybridized carbons (Fsp3) is 0. The molecule has 0 bridgehead atoms. The van der Waals surface area contributed by atoms with Gasteiger partial charge in [0.15, 0.2) is 0 Å². The van der Waals surface area contributed by atoms with Gasteiger partial charge >= 0.3 is 0 Å². The topological polar surface area (TPSA) is 0 Å². The van der Waals surface area contributed by atoms with Crippen LogP contribution >= 0.6 is 0 Å². The van der Waals surface area contributed by atoms with Crippen molar-refractivity contribution in [3.05, 3.63) is 182 Å². The van der Waals surface area contributed by atoms with Crippen LogP contribution in [-0.2, 0) is 0 Å². The van der Waals surface area contributed by atoms with Gasteiger partial charge in [-0.15, -0.1) is 0 Å². The molecule has 0 saturated carbocycles. The first-order valence-corrected chi connectivity index (χ1v) is 17.2. The largest absolute Gasteiger partial charge is 0.121 e. The molecule has 0 saturated heterocycles. The Hall–Kier alpha value is -5.76. The Morgan fingerprint density at radius 3 is 1.68 bits per heavy atom. The minimum Gasteiger partial charge on any atom is -0.0631 e. The van der Waals surface area contributed by atoms with Crippen molar-refractivity contribution in [1.82, 2.24) is 0 Å². The average Bonchev–Trinajstić information content (AvgIpc) is 3.14. The van der Waals surface area contributed by atoms with E-state index in [1.165, 1.54) is 86.8 Å². The number of rotatable bonds is 5. The summed E-state index contributed by atoms with van der Waals surface area (Å²) in [6.45, 7) is 0. The fourth-order valence-corrected chi connectivity index (χ4v) is 8.26. The Morgan fingerprint density at radius 1 is 0.277 bits per heavy atom. The van der Waals surface area contributed by atoms with Gasteiger partial charge in [-0.2, -0.15) is 0 Å². The molecule has 0 nitrogen and oxygen atoms in total. The first-order chi connectivity index (χ1) is 23.3. The Balaban J connectivity index is 1.29. The van der Waals surface area contributed by atoms with Crippen molar-refractivity contribution in [1.29, 1.82) is 0 Å². The summed E-state index contributed by atoms with van der Waals surface area (Å²) in [5, 5.41) is 12.9. The van der Waals surface area contributed by atoms with Gasteiger partial charge in [0.25, 0.3) is 0 Å². The van der Waals surface area contributed by atoms with Crippen molar-refractivity contribution < 1.29 is 0 Å². The minimum atomic E-state index is 0.590. The van der Waals surface area contributed by atoms with Crippen LogP contribution in [0.3, 0.4) is 0 Å². The van der Waals surface area contributed by atoms with Crippen LogP contribution in [0.4, 0.5) is 0 Å². The van der Waals surface area contributed by atoms with E-state index < -0.39 is 0 Å². The lowest BCUT2D eigenvalue weighted by Crippen LogP contribution is -2.26. The molecular formula is C46H30Si. The summed E-state index contributed by atoms with van der Waals surface area (Å²) in [7, 11) is 0.590. The molecular weight excluding hydrogens is 581 g/mol. The zero-order chi connectivity index (χ0) is 31.2. The predicted octanol–water partition coefficient (Wildman–Crippen LogP) is 11.0. The molecule has 0 heterocycles. The van der Waals surface area contributed by atoms with E-state index in [2.05, 4.69) is 182 Å². The van der Waals surface area contributed by atoms with Gasteiger partial charge in [-0.25, -0.2) is 0 Å². The van der Waals surface area contributed by atoms with E-state index >= 15 is 0 Å². The van der Waals surface area contributed by atoms with E-state index in [0.29, 0.717) is 9.52 Å². The van der Waals surface area contributed by atoms with Crippen LogP contribution in [0.2, 0.25) is 0 Å². The predicted molar refractivity (Wildman–Crippen MR) is 204 cm³/mol. The maximum atomic E-state index is 2.45. The molecule has 0 aromatic heterocycles. The molecule has 0 aliphatic heterocycles. The number of fused-ring (bicyclic) bond motifs is 4. The van der Waals surface area contributed by atoms with Gasteiger partial charge in [-0.1, -0.05) is 186 Å². The van der Waals surface area contributed by atoms with Crippen molar-refractivity contribution in [2.45, 2.75) is 0 Å². The second-order valence-electron chi connectivity index (χ2n) is 12.2. The van der Waals surface area contributed by atoms with Crippen molar-refractivity contribution in [2.24, 2.45) is 0 Å². The second-order valence-corrected chi connectivity index (χ2v) is 13.6. The molecule has 1 heteroatoms. The van der Waals surface area contributed by atoms with Crippen LogP contribution in [0.5, 0.6) is 0 Å². The SMILES string of the molecule is c1ccc([Si]c2ccc3c(-c4cccc5ccccc45)c4ccccc4c(-c4ccc(-c5ccc6ccccc6c5)cc4)c3c2)cc1. The van der Waals surface area contributed by atoms with Crippen LogP contribution in [0.25, 0.3) is 76.5 Å². The maximum Gasteiger partial charge on any atom is 0.121 e. The van der Waals surface area contributed by atoms with Gasteiger partial charge in [0, 0.05) is 0 Å². The molecule has 9 aromatic carbocycles. The van der Waals surface area contributed by atoms with E-state index in [4.69, 9.17) is 0 Å². The first kappa shape index (κ1) is 27.5. The Labute approximate surface area is 277 Å². The monoisotopic (exact) mass is 610 g/mol. The van der Waals surface area contributed by atoms with Gasteiger partial charge in [0.05, 0.1) is 0 Å². The third-order valence-corrected chi connectivity index (χ3v) is 10.6.